The van der Waals surface area contributed by atoms with Crippen LogP contribution in [-0.2, 0) is 9.59 Å². The van der Waals surface area contributed by atoms with Gasteiger partial charge in [0.15, 0.2) is 0 Å². The van der Waals surface area contributed by atoms with Crippen LogP contribution in [0.1, 0.15) is 39.5 Å². The first-order chi connectivity index (χ1) is 8.93. The minimum absolute atomic E-state index is 0.0455. The lowest BCUT2D eigenvalue weighted by Crippen LogP contribution is -2.51. The number of amides is 1. The van der Waals surface area contributed by atoms with Gasteiger partial charge in [0.25, 0.3) is 0 Å². The molecule has 2 rings (SSSR count). The fourth-order valence-corrected chi connectivity index (χ4v) is 3.06. The lowest BCUT2D eigenvalue weighted by atomic mass is 9.74. The van der Waals surface area contributed by atoms with Gasteiger partial charge in [-0.25, -0.2) is 0 Å². The highest BCUT2D eigenvalue weighted by molar-refractivity contribution is 5.82. The van der Waals surface area contributed by atoms with Crippen molar-refractivity contribution in [2.24, 2.45) is 11.3 Å². The lowest BCUT2D eigenvalue weighted by molar-refractivity contribution is -0.153. The van der Waals surface area contributed by atoms with Crippen LogP contribution in [0.3, 0.4) is 0 Å². The third kappa shape index (κ3) is 2.91. The predicted molar refractivity (Wildman–Crippen MR) is 71.7 cm³/mol. The van der Waals surface area contributed by atoms with Crippen molar-refractivity contribution >= 4 is 11.9 Å². The Labute approximate surface area is 114 Å². The molecule has 108 valence electrons. The van der Waals surface area contributed by atoms with Gasteiger partial charge in [-0.05, 0) is 52.0 Å². The van der Waals surface area contributed by atoms with E-state index < -0.39 is 11.4 Å². The zero-order valence-corrected chi connectivity index (χ0v) is 11.8. The normalized spacial score (nSPS) is 28.4. The summed E-state index contributed by atoms with van der Waals surface area (Å²) in [6.45, 7) is 5.79. The van der Waals surface area contributed by atoms with E-state index >= 15 is 0 Å². The van der Waals surface area contributed by atoms with Gasteiger partial charge in [0.2, 0.25) is 5.91 Å². The Hall–Kier alpha value is -1.10. The van der Waals surface area contributed by atoms with Crippen LogP contribution in [0.4, 0.5) is 0 Å². The molecule has 19 heavy (non-hydrogen) atoms. The van der Waals surface area contributed by atoms with Gasteiger partial charge in [0, 0.05) is 13.1 Å². The van der Waals surface area contributed by atoms with Gasteiger partial charge in [-0.2, -0.15) is 0 Å². The fourth-order valence-electron chi connectivity index (χ4n) is 3.06. The molecule has 2 unspecified atom stereocenters. The highest BCUT2D eigenvalue weighted by Gasteiger charge is 2.41. The fraction of sp³-hybridized carbons (Fsp3) is 0.857. The summed E-state index contributed by atoms with van der Waals surface area (Å²) in [4.78, 5) is 25.6. The second-order valence-electron chi connectivity index (χ2n) is 6.30. The van der Waals surface area contributed by atoms with Crippen molar-refractivity contribution in [2.45, 2.75) is 45.6 Å². The number of nitrogens with one attached hydrogen (secondary N) is 1. The molecular formula is C14H24N2O3. The highest BCUT2D eigenvalue weighted by atomic mass is 16.4. The molecule has 2 fully saturated rings. The van der Waals surface area contributed by atoms with E-state index in [9.17, 15) is 14.7 Å². The van der Waals surface area contributed by atoms with E-state index in [1.165, 1.54) is 0 Å². The Morgan fingerprint density at radius 3 is 2.58 bits per heavy atom. The van der Waals surface area contributed by atoms with Crippen molar-refractivity contribution in [3.63, 3.8) is 0 Å². The molecule has 2 aliphatic rings. The molecule has 1 amide bonds. The molecule has 0 radical (unpaired) electrons. The number of nitrogens with zero attached hydrogens (tertiary/aromatic N) is 1. The number of carbonyl (C=O) groups excluding carboxylic acids is 1. The van der Waals surface area contributed by atoms with Gasteiger partial charge in [-0.1, -0.05) is 0 Å². The van der Waals surface area contributed by atoms with E-state index in [0.29, 0.717) is 6.54 Å². The van der Waals surface area contributed by atoms with Crippen molar-refractivity contribution in [1.82, 2.24) is 10.2 Å². The minimum atomic E-state index is -0.772. The van der Waals surface area contributed by atoms with Crippen LogP contribution in [0.15, 0.2) is 0 Å². The van der Waals surface area contributed by atoms with Crippen LogP contribution in [0.5, 0.6) is 0 Å². The second kappa shape index (κ2) is 5.49. The summed E-state index contributed by atoms with van der Waals surface area (Å²) < 4.78 is 0. The van der Waals surface area contributed by atoms with Crippen LogP contribution < -0.4 is 5.32 Å². The van der Waals surface area contributed by atoms with Gasteiger partial charge in [0.05, 0.1) is 11.5 Å². The molecule has 0 aliphatic carbocycles. The molecule has 0 saturated carbocycles. The van der Waals surface area contributed by atoms with Crippen molar-refractivity contribution in [3.05, 3.63) is 0 Å². The Balaban J connectivity index is 2.00. The number of carboxylic acid groups (broad SMARTS) is 1. The molecule has 2 heterocycles. The van der Waals surface area contributed by atoms with Crippen molar-refractivity contribution < 1.29 is 14.7 Å². The molecule has 0 aromatic carbocycles. The first-order valence-electron chi connectivity index (χ1n) is 7.18. The van der Waals surface area contributed by atoms with Crippen molar-refractivity contribution in [3.8, 4) is 0 Å². The van der Waals surface area contributed by atoms with E-state index in [2.05, 4.69) is 5.32 Å². The molecule has 2 saturated heterocycles. The first-order valence-corrected chi connectivity index (χ1v) is 7.18. The topological polar surface area (TPSA) is 69.6 Å². The van der Waals surface area contributed by atoms with Crippen LogP contribution in [-0.4, -0.2) is 47.6 Å². The summed E-state index contributed by atoms with van der Waals surface area (Å²) in [5, 5.41) is 12.5. The maximum atomic E-state index is 12.4. The zero-order chi connectivity index (χ0) is 14.0. The van der Waals surface area contributed by atoms with Crippen LogP contribution >= 0.6 is 0 Å². The Morgan fingerprint density at radius 2 is 2.00 bits per heavy atom. The van der Waals surface area contributed by atoms with E-state index in [4.69, 9.17) is 0 Å². The highest BCUT2D eigenvalue weighted by Crippen LogP contribution is 2.34. The Bertz CT molecular complexity index is 362. The predicted octanol–water partition coefficient (Wildman–Crippen LogP) is 1.09. The summed E-state index contributed by atoms with van der Waals surface area (Å²) in [6.07, 6.45) is 3.75. The molecule has 2 aliphatic heterocycles. The van der Waals surface area contributed by atoms with E-state index in [-0.39, 0.29) is 17.9 Å². The average molecular weight is 268 g/mol. The van der Waals surface area contributed by atoms with Gasteiger partial charge >= 0.3 is 5.97 Å². The van der Waals surface area contributed by atoms with Gasteiger partial charge in [-0.15, -0.1) is 0 Å². The Morgan fingerprint density at radius 1 is 1.26 bits per heavy atom. The van der Waals surface area contributed by atoms with E-state index in [1.807, 2.05) is 4.90 Å². The largest absolute Gasteiger partial charge is 0.481 e. The van der Waals surface area contributed by atoms with Crippen molar-refractivity contribution in [1.29, 1.82) is 0 Å². The SMILES string of the molecule is CC(C)(C(=O)O)C1CCCN(C(=O)C2CCCN2)C1. The molecule has 0 spiro atoms. The van der Waals surface area contributed by atoms with Gasteiger partial charge in [-0.3, -0.25) is 9.59 Å². The third-order valence-electron chi connectivity index (χ3n) is 4.66. The van der Waals surface area contributed by atoms with E-state index in [1.54, 1.807) is 13.8 Å². The first kappa shape index (κ1) is 14.3. The number of hydrogen-bond donors (Lipinski definition) is 2. The summed E-state index contributed by atoms with van der Waals surface area (Å²) >= 11 is 0. The van der Waals surface area contributed by atoms with Crippen LogP contribution in [0.2, 0.25) is 0 Å². The molecule has 2 N–H and O–H groups in total. The van der Waals surface area contributed by atoms with E-state index in [0.717, 1.165) is 38.8 Å². The van der Waals surface area contributed by atoms with Gasteiger partial charge in [0.1, 0.15) is 0 Å². The monoisotopic (exact) mass is 268 g/mol. The van der Waals surface area contributed by atoms with Crippen molar-refractivity contribution in [2.75, 3.05) is 19.6 Å². The van der Waals surface area contributed by atoms with Crippen LogP contribution in [0.25, 0.3) is 0 Å². The Kier molecular flexibility index (Phi) is 4.13. The smallest absolute Gasteiger partial charge is 0.309 e. The quantitative estimate of drug-likeness (QED) is 0.804. The number of carboxylic acids is 1. The molecule has 2 atom stereocenters. The second-order valence-corrected chi connectivity index (χ2v) is 6.30. The number of carbonyl (C=O) groups is 2. The average Bonchev–Trinajstić information content (AvgIpc) is 2.91. The summed E-state index contributed by atoms with van der Waals surface area (Å²) in [5.74, 6) is -0.571. The molecular weight excluding hydrogens is 244 g/mol. The minimum Gasteiger partial charge on any atom is -0.481 e. The number of piperidine rings is 1. The summed E-state index contributed by atoms with van der Waals surface area (Å²) in [7, 11) is 0. The number of likely N-dealkylation sites (tertiary alicyclic amines) is 1. The molecule has 5 nitrogen and oxygen atoms in total. The zero-order valence-electron chi connectivity index (χ0n) is 11.8. The lowest BCUT2D eigenvalue weighted by Gasteiger charge is -2.40. The standard InChI is InChI=1S/C14H24N2O3/c1-14(2,13(18)19)10-5-4-8-16(9-10)12(17)11-6-3-7-15-11/h10-11,15H,3-9H2,1-2H3,(H,18,19). The maximum absolute atomic E-state index is 12.4. The molecule has 0 bridgehead atoms. The molecule has 0 aromatic rings. The number of rotatable bonds is 3. The summed E-state index contributed by atoms with van der Waals surface area (Å²) in [5.41, 5.74) is -0.762. The maximum Gasteiger partial charge on any atom is 0.309 e. The van der Waals surface area contributed by atoms with Crippen LogP contribution in [0, 0.1) is 11.3 Å². The third-order valence-corrected chi connectivity index (χ3v) is 4.66. The number of aliphatic carboxylic acids is 1. The summed E-state index contributed by atoms with van der Waals surface area (Å²) in [6, 6.07) is -0.0494. The van der Waals surface area contributed by atoms with Gasteiger partial charge < -0.3 is 15.3 Å². The molecule has 5 heteroatoms. The number of hydrogen-bond acceptors (Lipinski definition) is 3. The molecule has 0 aromatic heterocycles.